The van der Waals surface area contributed by atoms with Gasteiger partial charge in [-0.05, 0) is 49.5 Å². The van der Waals surface area contributed by atoms with Crippen molar-refractivity contribution in [3.05, 3.63) is 35.6 Å². The Labute approximate surface area is 129 Å². The first-order chi connectivity index (χ1) is 9.99. The fourth-order valence-electron chi connectivity index (χ4n) is 3.00. The Morgan fingerprint density at radius 1 is 1.14 bits per heavy atom. The average Bonchev–Trinajstić information content (AvgIpc) is 2.41. The van der Waals surface area contributed by atoms with Crippen LogP contribution in [0.4, 0.5) is 4.39 Å². The maximum Gasteiger partial charge on any atom is 0.123 e. The lowest BCUT2D eigenvalue weighted by atomic mass is 9.84. The predicted molar refractivity (Wildman–Crippen MR) is 88.9 cm³/mol. The van der Waals surface area contributed by atoms with E-state index in [2.05, 4.69) is 38.0 Å². The summed E-state index contributed by atoms with van der Waals surface area (Å²) in [6, 6.07) is 6.82. The van der Waals surface area contributed by atoms with Gasteiger partial charge < -0.3 is 10.2 Å². The van der Waals surface area contributed by atoms with Gasteiger partial charge in [0.05, 0.1) is 0 Å². The zero-order valence-electron chi connectivity index (χ0n) is 14.1. The summed E-state index contributed by atoms with van der Waals surface area (Å²) in [5, 5.41) is 3.56. The van der Waals surface area contributed by atoms with Gasteiger partial charge in [-0.15, -0.1) is 0 Å². The minimum Gasteiger partial charge on any atom is -0.316 e. The van der Waals surface area contributed by atoms with Crippen LogP contribution < -0.4 is 5.32 Å². The van der Waals surface area contributed by atoms with Gasteiger partial charge in [0.1, 0.15) is 5.82 Å². The number of hydrogen-bond acceptors (Lipinski definition) is 2. The fourth-order valence-corrected chi connectivity index (χ4v) is 3.00. The van der Waals surface area contributed by atoms with Crippen LogP contribution in [0.1, 0.15) is 45.6 Å². The molecule has 1 unspecified atom stereocenters. The van der Waals surface area contributed by atoms with E-state index in [0.29, 0.717) is 5.41 Å². The summed E-state index contributed by atoms with van der Waals surface area (Å²) in [6.45, 7) is 10.9. The van der Waals surface area contributed by atoms with Crippen molar-refractivity contribution in [3.63, 3.8) is 0 Å². The standard InChI is InChI=1S/C18H31FN2/c1-5-11-18(3,14-20-12-6-2)15-21(4)13-16-7-9-17(19)10-8-16/h7-10,20H,5-6,11-15H2,1-4H3. The van der Waals surface area contributed by atoms with Crippen LogP contribution in [0.15, 0.2) is 24.3 Å². The topological polar surface area (TPSA) is 15.3 Å². The molecule has 0 aliphatic carbocycles. The van der Waals surface area contributed by atoms with Crippen LogP contribution in [0, 0.1) is 11.2 Å². The van der Waals surface area contributed by atoms with Crippen molar-refractivity contribution >= 4 is 0 Å². The Bertz CT molecular complexity index is 391. The molecule has 1 rings (SSSR count). The molecule has 2 nitrogen and oxygen atoms in total. The fraction of sp³-hybridized carbons (Fsp3) is 0.667. The highest BCUT2D eigenvalue weighted by Crippen LogP contribution is 2.24. The quantitative estimate of drug-likeness (QED) is 0.655. The van der Waals surface area contributed by atoms with Gasteiger partial charge in [-0.3, -0.25) is 0 Å². The molecule has 0 aliphatic heterocycles. The highest BCUT2D eigenvalue weighted by Gasteiger charge is 2.24. The number of hydrogen-bond donors (Lipinski definition) is 1. The molecule has 1 aromatic carbocycles. The minimum atomic E-state index is -0.166. The third-order valence-electron chi connectivity index (χ3n) is 3.85. The summed E-state index contributed by atoms with van der Waals surface area (Å²) < 4.78 is 12.9. The number of benzene rings is 1. The van der Waals surface area contributed by atoms with Crippen LogP contribution >= 0.6 is 0 Å². The van der Waals surface area contributed by atoms with Gasteiger partial charge in [0.25, 0.3) is 0 Å². The summed E-state index contributed by atoms with van der Waals surface area (Å²) in [6.07, 6.45) is 3.60. The lowest BCUT2D eigenvalue weighted by Gasteiger charge is -2.34. The largest absolute Gasteiger partial charge is 0.316 e. The van der Waals surface area contributed by atoms with E-state index in [9.17, 15) is 4.39 Å². The van der Waals surface area contributed by atoms with Gasteiger partial charge >= 0.3 is 0 Å². The van der Waals surface area contributed by atoms with Crippen molar-refractivity contribution in [1.82, 2.24) is 10.2 Å². The molecule has 0 fully saturated rings. The molecule has 3 heteroatoms. The van der Waals surface area contributed by atoms with E-state index in [4.69, 9.17) is 0 Å². The summed E-state index contributed by atoms with van der Waals surface area (Å²) in [5.74, 6) is -0.166. The smallest absolute Gasteiger partial charge is 0.123 e. The first kappa shape index (κ1) is 18.1. The molecule has 0 aliphatic rings. The SMILES string of the molecule is CCCNCC(C)(CCC)CN(C)Cc1ccc(F)cc1. The molecule has 0 bridgehead atoms. The normalized spacial score (nSPS) is 14.4. The van der Waals surface area contributed by atoms with Crippen LogP contribution in [-0.4, -0.2) is 31.6 Å². The molecule has 0 spiro atoms. The molecule has 0 heterocycles. The van der Waals surface area contributed by atoms with Crippen molar-refractivity contribution in [2.45, 2.75) is 46.6 Å². The maximum absolute atomic E-state index is 12.9. The van der Waals surface area contributed by atoms with Gasteiger partial charge in [0.15, 0.2) is 0 Å². The molecule has 21 heavy (non-hydrogen) atoms. The third kappa shape index (κ3) is 7.05. The molecule has 1 N–H and O–H groups in total. The van der Waals surface area contributed by atoms with E-state index in [0.717, 1.165) is 26.2 Å². The maximum atomic E-state index is 12.9. The first-order valence-corrected chi connectivity index (χ1v) is 8.13. The zero-order valence-corrected chi connectivity index (χ0v) is 14.1. The second-order valence-electron chi connectivity index (χ2n) is 6.54. The summed E-state index contributed by atoms with van der Waals surface area (Å²) in [4.78, 5) is 2.34. The van der Waals surface area contributed by atoms with Crippen LogP contribution in [0.3, 0.4) is 0 Å². The Morgan fingerprint density at radius 2 is 1.81 bits per heavy atom. The molecule has 0 amide bonds. The summed E-state index contributed by atoms with van der Waals surface area (Å²) in [5.41, 5.74) is 1.46. The van der Waals surface area contributed by atoms with Crippen LogP contribution in [-0.2, 0) is 6.54 Å². The Kier molecular flexibility index (Phi) is 7.91. The molecule has 0 saturated heterocycles. The number of rotatable bonds is 10. The van der Waals surface area contributed by atoms with Gasteiger partial charge in [-0.1, -0.05) is 39.3 Å². The van der Waals surface area contributed by atoms with Crippen molar-refractivity contribution in [1.29, 1.82) is 0 Å². The van der Waals surface area contributed by atoms with Crippen LogP contribution in [0.25, 0.3) is 0 Å². The van der Waals surface area contributed by atoms with E-state index in [1.54, 1.807) is 0 Å². The molecule has 0 saturated carbocycles. The second-order valence-corrected chi connectivity index (χ2v) is 6.54. The van der Waals surface area contributed by atoms with E-state index >= 15 is 0 Å². The van der Waals surface area contributed by atoms with Crippen molar-refractivity contribution < 1.29 is 4.39 Å². The molecule has 1 aromatic rings. The van der Waals surface area contributed by atoms with Gasteiger partial charge in [0, 0.05) is 19.6 Å². The van der Waals surface area contributed by atoms with Crippen molar-refractivity contribution in [2.75, 3.05) is 26.7 Å². The van der Waals surface area contributed by atoms with Gasteiger partial charge in [0.2, 0.25) is 0 Å². The van der Waals surface area contributed by atoms with E-state index in [-0.39, 0.29) is 5.82 Å². The number of nitrogens with zero attached hydrogens (tertiary/aromatic N) is 1. The van der Waals surface area contributed by atoms with Crippen LogP contribution in [0.2, 0.25) is 0 Å². The van der Waals surface area contributed by atoms with E-state index < -0.39 is 0 Å². The molecule has 120 valence electrons. The number of nitrogens with one attached hydrogen (secondary N) is 1. The third-order valence-corrected chi connectivity index (χ3v) is 3.85. The van der Waals surface area contributed by atoms with Crippen LogP contribution in [0.5, 0.6) is 0 Å². The average molecular weight is 294 g/mol. The predicted octanol–water partition coefficient (Wildman–Crippen LogP) is 4.06. The summed E-state index contributed by atoms with van der Waals surface area (Å²) >= 11 is 0. The van der Waals surface area contributed by atoms with Crippen molar-refractivity contribution in [3.8, 4) is 0 Å². The lowest BCUT2D eigenvalue weighted by molar-refractivity contribution is 0.168. The molecular formula is C18H31FN2. The minimum absolute atomic E-state index is 0.166. The molecule has 0 aromatic heterocycles. The highest BCUT2D eigenvalue weighted by molar-refractivity contribution is 5.15. The van der Waals surface area contributed by atoms with E-state index in [1.165, 1.54) is 37.0 Å². The molecular weight excluding hydrogens is 263 g/mol. The van der Waals surface area contributed by atoms with Gasteiger partial charge in [-0.25, -0.2) is 4.39 Å². The Morgan fingerprint density at radius 3 is 2.38 bits per heavy atom. The first-order valence-electron chi connectivity index (χ1n) is 8.13. The monoisotopic (exact) mass is 294 g/mol. The molecule has 1 atom stereocenters. The van der Waals surface area contributed by atoms with E-state index in [1.807, 2.05) is 12.1 Å². The Hall–Kier alpha value is -0.930. The molecule has 0 radical (unpaired) electrons. The van der Waals surface area contributed by atoms with Gasteiger partial charge in [-0.2, -0.15) is 0 Å². The second kappa shape index (κ2) is 9.16. The lowest BCUT2D eigenvalue weighted by Crippen LogP contribution is -2.41. The van der Waals surface area contributed by atoms with Crippen molar-refractivity contribution in [2.24, 2.45) is 5.41 Å². The Balaban J connectivity index is 2.54. The summed E-state index contributed by atoms with van der Waals surface area (Å²) in [7, 11) is 2.15. The highest BCUT2D eigenvalue weighted by atomic mass is 19.1. The zero-order chi connectivity index (χ0) is 15.7. The number of halogens is 1.